The molecule has 0 bridgehead atoms. The van der Waals surface area contributed by atoms with Crippen LogP contribution in [0.5, 0.6) is 23.0 Å². The van der Waals surface area contributed by atoms with Crippen molar-refractivity contribution in [2.75, 3.05) is 52.4 Å². The highest BCUT2D eigenvalue weighted by Crippen LogP contribution is 2.39. The van der Waals surface area contributed by atoms with Crippen LogP contribution < -0.4 is 20.1 Å². The van der Waals surface area contributed by atoms with Gasteiger partial charge in [0.2, 0.25) is 0 Å². The molecule has 2 aliphatic carbocycles. The molecule has 11 heteroatoms. The number of ether oxygens (including phenoxy) is 2. The van der Waals surface area contributed by atoms with E-state index in [0.717, 1.165) is 127 Å². The van der Waals surface area contributed by atoms with E-state index >= 15 is 4.79 Å². The van der Waals surface area contributed by atoms with E-state index in [0.29, 0.717) is 41.5 Å². The van der Waals surface area contributed by atoms with Gasteiger partial charge >= 0.3 is 0 Å². The monoisotopic (exact) mass is 1100 g/mol. The first-order chi connectivity index (χ1) is 37.5. The van der Waals surface area contributed by atoms with Gasteiger partial charge in [0.15, 0.2) is 5.78 Å². The standard InChI is InChI=1S/C67H96N6O3.2ClH/c1-3-5-39-72-63(55-35-41-70(42-36-55)49-53-27-31-59(32-28-53)75-57-23-15-9-16-24-57)47-68-61(45-51-19-11-7-12-20-51)65(72)67(74)66-62(46-52-21-13-8-14-22-52)69-48-64(73(66)40-6-4-2)56-37-43-71(44-38-56)50-54-29-33-60(34-30-54)76-58-25-17-10-18-26-58;;/h9-10,15-18,23-34,51-52,55-56,61-66,68-69H,3-8,11-14,19-22,35-50H2,1-2H3;2*1H/t61-,62-,63?,64?,65?,66?;;/m0../s1. The van der Waals surface area contributed by atoms with Crippen LogP contribution in [0.25, 0.3) is 0 Å². The van der Waals surface area contributed by atoms with Gasteiger partial charge in [-0.1, -0.05) is 152 Å². The summed E-state index contributed by atoms with van der Waals surface area (Å²) in [7, 11) is 0. The van der Waals surface area contributed by atoms with Crippen molar-refractivity contribution in [3.05, 3.63) is 120 Å². The van der Waals surface area contributed by atoms with Crippen LogP contribution >= 0.6 is 24.8 Å². The predicted octanol–water partition coefficient (Wildman–Crippen LogP) is 14.4. The van der Waals surface area contributed by atoms with Crippen molar-refractivity contribution in [2.24, 2.45) is 23.7 Å². The van der Waals surface area contributed by atoms with E-state index in [1.54, 1.807) is 0 Å². The number of unbranched alkanes of at least 4 members (excludes halogenated alkanes) is 2. The van der Waals surface area contributed by atoms with Gasteiger partial charge < -0.3 is 20.1 Å². The molecule has 0 radical (unpaired) electrons. The number of piperidine rings is 2. The molecule has 78 heavy (non-hydrogen) atoms. The zero-order valence-electron chi connectivity index (χ0n) is 47.7. The average Bonchev–Trinajstić information content (AvgIpc) is 3.50. The lowest BCUT2D eigenvalue weighted by Crippen LogP contribution is -2.74. The average molecular weight is 1110 g/mol. The number of nitrogens with one attached hydrogen (secondary N) is 2. The summed E-state index contributed by atoms with van der Waals surface area (Å²) in [6, 6.07) is 38.6. The lowest BCUT2D eigenvalue weighted by atomic mass is 9.75. The van der Waals surface area contributed by atoms with Gasteiger partial charge in [-0.05, 0) is 174 Å². The van der Waals surface area contributed by atoms with E-state index in [1.807, 2.05) is 60.7 Å². The highest BCUT2D eigenvalue weighted by molar-refractivity contribution is 5.91. The Morgan fingerprint density at radius 2 is 0.833 bits per heavy atom. The van der Waals surface area contributed by atoms with Gasteiger partial charge in [-0.15, -0.1) is 24.8 Å². The Balaban J connectivity index is 0.00000401. The summed E-state index contributed by atoms with van der Waals surface area (Å²) in [5.74, 6) is 6.66. The first-order valence-corrected chi connectivity index (χ1v) is 31.1. The lowest BCUT2D eigenvalue weighted by molar-refractivity contribution is -0.141. The SMILES string of the molecule is CCCCN1C(C2CCN(Cc3ccc(Oc4ccccc4)cc3)CC2)CN[C@@H](CC2CCCCC2)C1C(=O)C1[C@H](CC2CCCCC2)NCC(C2CCN(Cc3ccc(Oc4ccccc4)cc3)CC2)N1CCCC.Cl.Cl. The van der Waals surface area contributed by atoms with Gasteiger partial charge in [0.25, 0.3) is 0 Å². The summed E-state index contributed by atoms with van der Waals surface area (Å²) >= 11 is 0. The zero-order chi connectivity index (χ0) is 51.9. The van der Waals surface area contributed by atoms with Gasteiger partial charge in [0, 0.05) is 50.3 Å². The number of carbonyl (C=O) groups is 1. The Morgan fingerprint density at radius 1 is 0.474 bits per heavy atom. The fraction of sp³-hybridized carbons (Fsp3) is 0.627. The van der Waals surface area contributed by atoms with E-state index in [-0.39, 0.29) is 49.0 Å². The van der Waals surface area contributed by atoms with E-state index in [1.165, 1.54) is 101 Å². The van der Waals surface area contributed by atoms with Gasteiger partial charge in [-0.3, -0.25) is 24.4 Å². The number of nitrogens with zero attached hydrogens (tertiary/aromatic N) is 4. The number of para-hydroxylation sites is 2. The second kappa shape index (κ2) is 31.1. The van der Waals surface area contributed by atoms with Crippen molar-refractivity contribution in [3.63, 3.8) is 0 Å². The van der Waals surface area contributed by atoms with E-state index in [4.69, 9.17) is 9.47 Å². The fourth-order valence-electron chi connectivity index (χ4n) is 15.0. The predicted molar refractivity (Wildman–Crippen MR) is 326 cm³/mol. The zero-order valence-corrected chi connectivity index (χ0v) is 49.3. The first-order valence-electron chi connectivity index (χ1n) is 31.1. The van der Waals surface area contributed by atoms with E-state index < -0.39 is 0 Å². The van der Waals surface area contributed by atoms with Gasteiger partial charge in [-0.25, -0.2) is 0 Å². The van der Waals surface area contributed by atoms with Crippen molar-refractivity contribution in [1.82, 2.24) is 30.2 Å². The third kappa shape index (κ3) is 16.4. The van der Waals surface area contributed by atoms with E-state index in [2.05, 4.69) is 92.6 Å². The Morgan fingerprint density at radius 3 is 1.19 bits per heavy atom. The second-order valence-electron chi connectivity index (χ2n) is 24.5. The normalized spacial score (nSPS) is 25.9. The molecule has 2 N–H and O–H groups in total. The number of benzene rings is 4. The number of rotatable bonds is 22. The highest BCUT2D eigenvalue weighted by atomic mass is 35.5. The smallest absolute Gasteiger partial charge is 0.170 e. The Kier molecular flexibility index (Phi) is 24.1. The van der Waals surface area contributed by atoms with E-state index in [9.17, 15) is 0 Å². The third-order valence-electron chi connectivity index (χ3n) is 19.2. The Labute approximate surface area is 483 Å². The third-order valence-corrected chi connectivity index (χ3v) is 19.2. The molecule has 0 spiro atoms. The first kappa shape index (κ1) is 60.6. The van der Waals surface area contributed by atoms with Gasteiger partial charge in [-0.2, -0.15) is 0 Å². The molecule has 6 atom stereocenters. The highest BCUT2D eigenvalue weighted by Gasteiger charge is 2.52. The Bertz CT molecular complexity index is 2140. The van der Waals surface area contributed by atoms with Crippen LogP contribution in [0.15, 0.2) is 109 Å². The summed E-state index contributed by atoms with van der Waals surface area (Å²) in [5, 5.41) is 8.58. The molecular weight excluding hydrogens is 1010 g/mol. The van der Waals surface area contributed by atoms with Crippen LogP contribution in [0.1, 0.15) is 153 Å². The van der Waals surface area contributed by atoms with Crippen LogP contribution in [0, 0.1) is 23.7 Å². The maximum atomic E-state index is 16.8. The number of hydrogen-bond donors (Lipinski definition) is 2. The van der Waals surface area contributed by atoms with Crippen molar-refractivity contribution in [3.8, 4) is 23.0 Å². The minimum Gasteiger partial charge on any atom is -0.457 e. The quantitative estimate of drug-likeness (QED) is 0.0801. The van der Waals surface area contributed by atoms with Crippen LogP contribution in [0.3, 0.4) is 0 Å². The number of likely N-dealkylation sites (tertiary alicyclic amines) is 2. The molecular formula is C67H98Cl2N6O3. The van der Waals surface area contributed by atoms with Crippen molar-refractivity contribution < 1.29 is 14.3 Å². The number of halogens is 2. The number of ketones is 1. The maximum absolute atomic E-state index is 16.8. The molecule has 4 heterocycles. The molecule has 10 rings (SSSR count). The van der Waals surface area contributed by atoms with Crippen molar-refractivity contribution in [1.29, 1.82) is 0 Å². The van der Waals surface area contributed by atoms with Crippen LogP contribution in [-0.4, -0.2) is 114 Å². The number of Topliss-reactive ketones (excluding diaryl/α,β-unsaturated/α-hetero) is 1. The molecule has 6 aliphatic rings. The summed E-state index contributed by atoms with van der Waals surface area (Å²) in [6.45, 7) is 15.2. The Hall–Kier alpha value is -3.51. The summed E-state index contributed by atoms with van der Waals surface area (Å²) < 4.78 is 12.3. The molecule has 9 nitrogen and oxygen atoms in total. The topological polar surface area (TPSA) is 72.5 Å². The molecule has 4 aromatic carbocycles. The minimum absolute atomic E-state index is 0. The molecule has 4 aliphatic heterocycles. The molecule has 0 amide bonds. The summed E-state index contributed by atoms with van der Waals surface area (Å²) in [5.41, 5.74) is 2.69. The number of piperazine rings is 2. The minimum atomic E-state index is -0.0864. The summed E-state index contributed by atoms with van der Waals surface area (Å²) in [4.78, 5) is 27.9. The lowest BCUT2D eigenvalue weighted by Gasteiger charge is -2.55. The van der Waals surface area contributed by atoms with Crippen LogP contribution in [-0.2, 0) is 17.9 Å². The van der Waals surface area contributed by atoms with Crippen molar-refractivity contribution >= 4 is 30.6 Å². The van der Waals surface area contributed by atoms with Gasteiger partial charge in [0.05, 0.1) is 12.1 Å². The molecule has 6 fully saturated rings. The van der Waals surface area contributed by atoms with Crippen LogP contribution in [0.2, 0.25) is 0 Å². The van der Waals surface area contributed by atoms with Crippen LogP contribution in [0.4, 0.5) is 0 Å². The molecule has 428 valence electrons. The number of hydrogen-bond acceptors (Lipinski definition) is 9. The molecule has 0 aromatic heterocycles. The molecule has 4 unspecified atom stereocenters. The fourth-order valence-corrected chi connectivity index (χ4v) is 15.0. The maximum Gasteiger partial charge on any atom is 0.170 e. The number of carbonyl (C=O) groups excluding carboxylic acids is 1. The van der Waals surface area contributed by atoms with Gasteiger partial charge in [0.1, 0.15) is 23.0 Å². The largest absolute Gasteiger partial charge is 0.457 e. The second-order valence-corrected chi connectivity index (χ2v) is 24.5. The van der Waals surface area contributed by atoms with Crippen molar-refractivity contribution in [2.45, 2.75) is 192 Å². The molecule has 2 saturated carbocycles. The molecule has 4 aromatic rings. The summed E-state index contributed by atoms with van der Waals surface area (Å²) in [6.07, 6.45) is 25.1. The molecule has 4 saturated heterocycles.